The fraction of sp³-hybridized carbons (Fsp3) is 1.00. The molecule has 0 bridgehead atoms. The Labute approximate surface area is 111 Å². The fourth-order valence-electron chi connectivity index (χ4n) is 1.28. The quantitative estimate of drug-likeness (QED) is 0.277. The molecule has 6 nitrogen and oxygen atoms in total. The van der Waals surface area contributed by atoms with E-state index >= 15 is 0 Å². The molecule has 7 heteroatoms. The molecule has 15 heavy (non-hydrogen) atoms. The second-order valence-electron chi connectivity index (χ2n) is 3.13. The third-order valence-corrected chi connectivity index (χ3v) is 2.29. The molecule has 0 saturated heterocycles. The van der Waals surface area contributed by atoms with E-state index in [1.807, 2.05) is 0 Å². The molecule has 5 N–H and O–H groups in total. The number of hydrogen-bond acceptors (Lipinski definition) is 6. The van der Waals surface area contributed by atoms with Crippen LogP contribution in [0, 0.1) is 0 Å². The first-order valence-electron chi connectivity index (χ1n) is 4.50. The van der Waals surface area contributed by atoms with Crippen LogP contribution in [0.15, 0.2) is 0 Å². The van der Waals surface area contributed by atoms with E-state index in [-0.39, 0.29) is 55.9 Å². The van der Waals surface area contributed by atoms with Crippen LogP contribution < -0.4 is 0 Å². The number of aliphatic hydroxyl groups excluding tert-OH is 5. The van der Waals surface area contributed by atoms with E-state index in [4.69, 9.17) is 25.5 Å². The van der Waals surface area contributed by atoms with Gasteiger partial charge in [-0.1, -0.05) is 0 Å². The topological polar surface area (TPSA) is 104 Å². The standard InChI is InChI=1S/C8H19NO5.Na.H/c10-3-1-9(2-4-11)8(5-12,6-13)7-14;;/h10-14H,1-7H2;;. The van der Waals surface area contributed by atoms with Gasteiger partial charge in [-0.05, 0) is 0 Å². The molecule has 0 fully saturated rings. The van der Waals surface area contributed by atoms with Gasteiger partial charge in [-0.15, -0.1) is 0 Å². The van der Waals surface area contributed by atoms with Gasteiger partial charge in [0.1, 0.15) is 0 Å². The molecule has 0 spiro atoms. The molecule has 0 unspecified atom stereocenters. The van der Waals surface area contributed by atoms with Gasteiger partial charge in [0.25, 0.3) is 0 Å². The molecule has 0 aliphatic heterocycles. The zero-order valence-electron chi connectivity index (χ0n) is 8.13. The van der Waals surface area contributed by atoms with Crippen LogP contribution >= 0.6 is 0 Å². The summed E-state index contributed by atoms with van der Waals surface area (Å²) < 4.78 is 0. The Hall–Kier alpha value is 0.760. The summed E-state index contributed by atoms with van der Waals surface area (Å²) in [5.74, 6) is 0. The monoisotopic (exact) mass is 233 g/mol. The SMILES string of the molecule is OCCN(CCO)C(CO)(CO)CO.[NaH]. The first-order chi connectivity index (χ1) is 6.70. The fourth-order valence-corrected chi connectivity index (χ4v) is 1.28. The Morgan fingerprint density at radius 3 is 1.27 bits per heavy atom. The zero-order chi connectivity index (χ0) is 11.0. The van der Waals surface area contributed by atoms with Crippen LogP contribution in [0.25, 0.3) is 0 Å². The van der Waals surface area contributed by atoms with Gasteiger partial charge in [0.15, 0.2) is 0 Å². The predicted molar refractivity (Wildman–Crippen MR) is 56.9 cm³/mol. The van der Waals surface area contributed by atoms with Crippen LogP contribution in [0.5, 0.6) is 0 Å². The number of nitrogens with zero attached hydrogens (tertiary/aromatic N) is 1. The van der Waals surface area contributed by atoms with E-state index in [1.54, 1.807) is 0 Å². The predicted octanol–water partition coefficient (Wildman–Crippen LogP) is -3.66. The Morgan fingerprint density at radius 1 is 0.733 bits per heavy atom. The summed E-state index contributed by atoms with van der Waals surface area (Å²) >= 11 is 0. The molecule has 0 aliphatic rings. The molecule has 0 aliphatic carbocycles. The maximum atomic E-state index is 9.08. The Kier molecular flexibility index (Phi) is 12.0. The molecular weight excluding hydrogens is 213 g/mol. The molecular formula is C8H20NNaO5. The third-order valence-electron chi connectivity index (χ3n) is 2.29. The molecule has 0 atom stereocenters. The van der Waals surface area contributed by atoms with Gasteiger partial charge in [-0.2, -0.15) is 0 Å². The molecule has 0 rings (SSSR count). The van der Waals surface area contributed by atoms with Crippen LogP contribution in [0.4, 0.5) is 0 Å². The van der Waals surface area contributed by atoms with Crippen molar-refractivity contribution in [3.8, 4) is 0 Å². The average Bonchev–Trinajstić information content (AvgIpc) is 2.22. The van der Waals surface area contributed by atoms with Crippen molar-refractivity contribution >= 4 is 29.6 Å². The maximum absolute atomic E-state index is 9.08. The van der Waals surface area contributed by atoms with Gasteiger partial charge < -0.3 is 25.5 Å². The van der Waals surface area contributed by atoms with E-state index in [0.29, 0.717) is 0 Å². The van der Waals surface area contributed by atoms with Crippen LogP contribution in [-0.4, -0.2) is 112 Å². The van der Waals surface area contributed by atoms with Crippen molar-refractivity contribution in [1.82, 2.24) is 4.90 Å². The first-order valence-corrected chi connectivity index (χ1v) is 4.50. The van der Waals surface area contributed by atoms with Crippen LogP contribution in [0.2, 0.25) is 0 Å². The van der Waals surface area contributed by atoms with E-state index in [0.717, 1.165) is 0 Å². The van der Waals surface area contributed by atoms with Crippen molar-refractivity contribution in [2.75, 3.05) is 46.1 Å². The van der Waals surface area contributed by atoms with Crippen molar-refractivity contribution in [2.24, 2.45) is 0 Å². The molecule has 0 heterocycles. The minimum atomic E-state index is -1.18. The molecule has 0 saturated carbocycles. The Morgan fingerprint density at radius 2 is 1.07 bits per heavy atom. The van der Waals surface area contributed by atoms with Crippen LogP contribution in [0.1, 0.15) is 0 Å². The number of aliphatic hydroxyl groups is 5. The summed E-state index contributed by atoms with van der Waals surface area (Å²) in [5.41, 5.74) is -1.18. The van der Waals surface area contributed by atoms with Crippen LogP contribution in [0.3, 0.4) is 0 Å². The van der Waals surface area contributed by atoms with Crippen molar-refractivity contribution in [1.29, 1.82) is 0 Å². The second kappa shape index (κ2) is 9.95. The Bertz CT molecular complexity index is 131. The van der Waals surface area contributed by atoms with Crippen molar-refractivity contribution in [3.05, 3.63) is 0 Å². The summed E-state index contributed by atoms with van der Waals surface area (Å²) in [6.45, 7) is -1.26. The third kappa shape index (κ3) is 5.08. The molecule has 0 amide bonds. The summed E-state index contributed by atoms with van der Waals surface area (Å²) in [5, 5.41) is 44.7. The van der Waals surface area contributed by atoms with E-state index in [9.17, 15) is 0 Å². The van der Waals surface area contributed by atoms with Gasteiger partial charge in [0.05, 0.1) is 38.6 Å². The van der Waals surface area contributed by atoms with E-state index in [1.165, 1.54) is 4.90 Å². The number of β-amino-alcohol motifs (C(OH)–C–C–N with tert-alkyl or cyclic N) is 2. The van der Waals surface area contributed by atoms with E-state index < -0.39 is 25.4 Å². The molecule has 0 radical (unpaired) electrons. The van der Waals surface area contributed by atoms with Crippen molar-refractivity contribution in [3.63, 3.8) is 0 Å². The summed E-state index contributed by atoms with van der Waals surface area (Å²) in [6.07, 6.45) is 0. The summed E-state index contributed by atoms with van der Waals surface area (Å²) in [4.78, 5) is 1.47. The molecule has 0 aromatic rings. The Balaban J connectivity index is 0. The first kappa shape index (κ1) is 18.1. The van der Waals surface area contributed by atoms with Gasteiger partial charge in [-0.25, -0.2) is 0 Å². The van der Waals surface area contributed by atoms with Gasteiger partial charge >= 0.3 is 29.6 Å². The average molecular weight is 233 g/mol. The molecule has 0 aromatic heterocycles. The number of rotatable bonds is 8. The normalized spacial score (nSPS) is 11.6. The van der Waals surface area contributed by atoms with Gasteiger partial charge in [-0.3, -0.25) is 4.90 Å². The molecule has 0 aromatic carbocycles. The molecule has 88 valence electrons. The van der Waals surface area contributed by atoms with Gasteiger partial charge in [0.2, 0.25) is 0 Å². The minimum absolute atomic E-state index is 0. The van der Waals surface area contributed by atoms with Crippen LogP contribution in [-0.2, 0) is 0 Å². The zero-order valence-corrected chi connectivity index (χ0v) is 8.13. The van der Waals surface area contributed by atoms with Crippen molar-refractivity contribution in [2.45, 2.75) is 5.54 Å². The van der Waals surface area contributed by atoms with Gasteiger partial charge in [0, 0.05) is 13.1 Å². The number of hydrogen-bond donors (Lipinski definition) is 5. The van der Waals surface area contributed by atoms with Crippen molar-refractivity contribution < 1.29 is 25.5 Å². The van der Waals surface area contributed by atoms with E-state index in [2.05, 4.69) is 0 Å². The summed E-state index contributed by atoms with van der Waals surface area (Å²) in [7, 11) is 0. The second-order valence-corrected chi connectivity index (χ2v) is 3.13. The summed E-state index contributed by atoms with van der Waals surface area (Å²) in [6, 6.07) is 0.